The van der Waals surface area contributed by atoms with Crippen molar-refractivity contribution in [3.05, 3.63) is 35.9 Å². The summed E-state index contributed by atoms with van der Waals surface area (Å²) in [5.74, 6) is 0. The summed E-state index contributed by atoms with van der Waals surface area (Å²) in [6.07, 6.45) is 0. The first kappa shape index (κ1) is 13.5. The molecule has 0 atom stereocenters. The first-order chi connectivity index (χ1) is 4.93. The van der Waals surface area contributed by atoms with Gasteiger partial charge in [0.1, 0.15) is 6.61 Å². The highest BCUT2D eigenvalue weighted by atomic mass is 35.5. The van der Waals surface area contributed by atoms with Crippen molar-refractivity contribution in [2.45, 2.75) is 6.61 Å². The van der Waals surface area contributed by atoms with E-state index < -0.39 is 0 Å². The van der Waals surface area contributed by atoms with E-state index in [1.807, 2.05) is 30.3 Å². The largest absolute Gasteiger partial charge is 0.463 e. The maximum Gasteiger partial charge on any atom is 0.293 e. The van der Waals surface area contributed by atoms with Crippen LogP contribution in [0.5, 0.6) is 0 Å². The molecule has 0 radical (unpaired) electrons. The molecule has 0 heterocycles. The van der Waals surface area contributed by atoms with E-state index in [0.717, 1.165) is 5.56 Å². The highest BCUT2D eigenvalue weighted by molar-refractivity contribution is 5.85. The number of rotatable bonds is 3. The highest BCUT2D eigenvalue weighted by Crippen LogP contribution is 1.98. The molecule has 12 heavy (non-hydrogen) atoms. The lowest BCUT2D eigenvalue weighted by Crippen LogP contribution is -1.88. The lowest BCUT2D eigenvalue weighted by molar-refractivity contribution is -0.129. The molecule has 68 valence electrons. The monoisotopic (exact) mass is 189 g/mol. The van der Waals surface area contributed by atoms with Gasteiger partial charge in [-0.2, -0.15) is 0 Å². The molecule has 1 aromatic carbocycles. The number of carbonyl (C=O) groups excluding carboxylic acids is 1. The Bertz CT molecular complexity index is 203. The molecule has 0 fully saturated rings. The van der Waals surface area contributed by atoms with Crippen molar-refractivity contribution >= 4 is 18.9 Å². The molecular weight excluding hydrogens is 178 g/mol. The van der Waals surface area contributed by atoms with Gasteiger partial charge in [0.15, 0.2) is 0 Å². The average molecular weight is 190 g/mol. The van der Waals surface area contributed by atoms with Crippen LogP contribution >= 0.6 is 12.4 Å². The van der Waals surface area contributed by atoms with Gasteiger partial charge in [-0.05, 0) is 5.56 Å². The Labute approximate surface area is 77.7 Å². The minimum absolute atomic E-state index is 0. The second-order valence-corrected chi connectivity index (χ2v) is 1.89. The molecule has 0 spiro atoms. The topological polar surface area (TPSA) is 61.3 Å². The third kappa shape index (κ3) is 4.71. The van der Waals surface area contributed by atoms with Gasteiger partial charge in [0, 0.05) is 0 Å². The Morgan fingerprint density at radius 1 is 1.25 bits per heavy atom. The lowest BCUT2D eigenvalue weighted by atomic mass is 10.2. The van der Waals surface area contributed by atoms with Crippen LogP contribution in [0.1, 0.15) is 5.56 Å². The van der Waals surface area contributed by atoms with Crippen LogP contribution < -0.4 is 6.15 Å². The molecule has 3 nitrogen and oxygen atoms in total. The third-order valence-electron chi connectivity index (χ3n) is 1.16. The van der Waals surface area contributed by atoms with Crippen LogP contribution in [0, 0.1) is 0 Å². The van der Waals surface area contributed by atoms with Crippen molar-refractivity contribution < 1.29 is 9.53 Å². The summed E-state index contributed by atoms with van der Waals surface area (Å²) >= 11 is 0. The van der Waals surface area contributed by atoms with E-state index >= 15 is 0 Å². The van der Waals surface area contributed by atoms with E-state index in [2.05, 4.69) is 4.74 Å². The van der Waals surface area contributed by atoms with E-state index in [-0.39, 0.29) is 18.6 Å². The van der Waals surface area contributed by atoms with Crippen molar-refractivity contribution in [1.29, 1.82) is 0 Å². The molecule has 0 aliphatic rings. The second-order valence-electron chi connectivity index (χ2n) is 1.89. The van der Waals surface area contributed by atoms with Gasteiger partial charge < -0.3 is 10.9 Å². The zero-order valence-corrected chi connectivity index (χ0v) is 7.42. The molecule has 0 unspecified atom stereocenters. The number of ether oxygens (including phenoxy) is 1. The van der Waals surface area contributed by atoms with Crippen molar-refractivity contribution in [2.75, 3.05) is 0 Å². The van der Waals surface area contributed by atoms with Crippen molar-refractivity contribution in [2.24, 2.45) is 0 Å². The summed E-state index contributed by atoms with van der Waals surface area (Å²) < 4.78 is 4.54. The molecule has 1 rings (SSSR count). The minimum Gasteiger partial charge on any atom is -0.463 e. The Hall–Kier alpha value is -1.06. The molecule has 0 aliphatic carbocycles. The quantitative estimate of drug-likeness (QED) is 0.740. The summed E-state index contributed by atoms with van der Waals surface area (Å²) in [5.41, 5.74) is 1.01. The zero-order valence-electron chi connectivity index (χ0n) is 6.60. The first-order valence-corrected chi connectivity index (χ1v) is 3.02. The summed E-state index contributed by atoms with van der Waals surface area (Å²) in [4.78, 5) is 9.76. The summed E-state index contributed by atoms with van der Waals surface area (Å²) in [5, 5.41) is 0. The maximum atomic E-state index is 9.76. The van der Waals surface area contributed by atoms with Gasteiger partial charge in [-0.15, -0.1) is 12.4 Å². The summed E-state index contributed by atoms with van der Waals surface area (Å²) in [6.45, 7) is 0.817. The number of hydrogen-bond donors (Lipinski definition) is 1. The number of hydrogen-bond acceptors (Lipinski definition) is 3. The Balaban J connectivity index is 0. The molecule has 0 saturated carbocycles. The van der Waals surface area contributed by atoms with E-state index in [0.29, 0.717) is 13.1 Å². The third-order valence-corrected chi connectivity index (χ3v) is 1.16. The predicted molar refractivity (Wildman–Crippen MR) is 49.6 cm³/mol. The van der Waals surface area contributed by atoms with Crippen LogP contribution in [0.3, 0.4) is 0 Å². The van der Waals surface area contributed by atoms with E-state index in [1.54, 1.807) is 0 Å². The van der Waals surface area contributed by atoms with Crippen LogP contribution in [0.2, 0.25) is 0 Å². The van der Waals surface area contributed by atoms with Gasteiger partial charge in [-0.25, -0.2) is 0 Å². The van der Waals surface area contributed by atoms with Crippen LogP contribution in [-0.2, 0) is 16.1 Å². The van der Waals surface area contributed by atoms with Gasteiger partial charge >= 0.3 is 0 Å². The van der Waals surface area contributed by atoms with Crippen LogP contribution in [-0.4, -0.2) is 6.47 Å². The second kappa shape index (κ2) is 8.04. The first-order valence-electron chi connectivity index (χ1n) is 3.02. The molecule has 0 aromatic heterocycles. The van der Waals surface area contributed by atoms with E-state index in [4.69, 9.17) is 0 Å². The molecule has 0 aliphatic heterocycles. The number of halogens is 1. The fraction of sp³-hybridized carbons (Fsp3) is 0.125. The highest BCUT2D eigenvalue weighted by Gasteiger charge is 1.87. The predicted octanol–water partition coefficient (Wildman–Crippen LogP) is 1.94. The molecular formula is C8H12ClNO2. The normalized spacial score (nSPS) is 7.33. The Kier molecular flexibility index (Phi) is 9.06. The van der Waals surface area contributed by atoms with E-state index in [1.165, 1.54) is 0 Å². The summed E-state index contributed by atoms with van der Waals surface area (Å²) in [7, 11) is 0. The van der Waals surface area contributed by atoms with Crippen molar-refractivity contribution in [3.8, 4) is 0 Å². The van der Waals surface area contributed by atoms with Crippen LogP contribution in [0.4, 0.5) is 0 Å². The Morgan fingerprint density at radius 3 is 2.33 bits per heavy atom. The molecule has 3 N–H and O–H groups in total. The molecule has 4 heteroatoms. The number of benzene rings is 1. The van der Waals surface area contributed by atoms with Gasteiger partial charge in [-0.1, -0.05) is 30.3 Å². The number of carbonyl (C=O) groups is 1. The molecule has 1 aromatic rings. The maximum absolute atomic E-state index is 9.76. The van der Waals surface area contributed by atoms with Gasteiger partial charge in [-0.3, -0.25) is 4.79 Å². The van der Waals surface area contributed by atoms with Crippen molar-refractivity contribution in [1.82, 2.24) is 6.15 Å². The minimum atomic E-state index is 0. The van der Waals surface area contributed by atoms with Gasteiger partial charge in [0.05, 0.1) is 0 Å². The Morgan fingerprint density at radius 2 is 1.83 bits per heavy atom. The smallest absolute Gasteiger partial charge is 0.293 e. The molecule has 0 saturated heterocycles. The van der Waals surface area contributed by atoms with E-state index in [9.17, 15) is 4.79 Å². The summed E-state index contributed by atoms with van der Waals surface area (Å²) in [6, 6.07) is 9.55. The molecule has 0 amide bonds. The van der Waals surface area contributed by atoms with Crippen LogP contribution in [0.25, 0.3) is 0 Å². The SMILES string of the molecule is Cl.N.O=COCc1ccccc1. The van der Waals surface area contributed by atoms with Crippen LogP contribution in [0.15, 0.2) is 30.3 Å². The average Bonchev–Trinajstić information content (AvgIpc) is 2.03. The lowest BCUT2D eigenvalue weighted by Gasteiger charge is -1.95. The van der Waals surface area contributed by atoms with Crippen molar-refractivity contribution in [3.63, 3.8) is 0 Å². The fourth-order valence-electron chi connectivity index (χ4n) is 0.704. The molecule has 0 bridgehead atoms. The standard InChI is InChI=1S/C8H8O2.ClH.H3N/c9-7-10-6-8-4-2-1-3-5-8;;/h1-5,7H,6H2;1H;1H3. The van der Waals surface area contributed by atoms with Gasteiger partial charge in [0.25, 0.3) is 6.47 Å². The zero-order chi connectivity index (χ0) is 7.23. The fourth-order valence-corrected chi connectivity index (χ4v) is 0.704. The van der Waals surface area contributed by atoms with Gasteiger partial charge in [0.2, 0.25) is 0 Å².